The molecule has 2 aromatic heterocycles. The highest BCUT2D eigenvalue weighted by Gasteiger charge is 2.23. The Morgan fingerprint density at radius 1 is 1.42 bits per heavy atom. The Labute approximate surface area is 146 Å². The van der Waals surface area contributed by atoms with E-state index in [1.807, 2.05) is 18.7 Å². The standard InChI is InChI=1S/C16H21ClN6O/c1-11-8-15(22(2)21-11)23-7-3-4-13(10-23)19-16(24)20-14-6-5-12(17)9-18-14/h5-6,8-9,13H,3-4,7,10H2,1-2H3,(H2,18,19,20,24). The predicted molar refractivity (Wildman–Crippen MR) is 94.6 cm³/mol. The summed E-state index contributed by atoms with van der Waals surface area (Å²) in [6.45, 7) is 3.72. The molecule has 0 saturated carbocycles. The number of nitrogens with one attached hydrogen (secondary N) is 2. The van der Waals surface area contributed by atoms with Crippen molar-refractivity contribution >= 4 is 29.3 Å². The van der Waals surface area contributed by atoms with E-state index in [0.717, 1.165) is 37.4 Å². The molecule has 0 aliphatic carbocycles. The topological polar surface area (TPSA) is 75.1 Å². The van der Waals surface area contributed by atoms with Crippen LogP contribution in [0.2, 0.25) is 5.02 Å². The number of urea groups is 1. The number of anilines is 2. The Balaban J connectivity index is 1.57. The third-order valence-electron chi connectivity index (χ3n) is 4.03. The minimum absolute atomic E-state index is 0.0845. The highest BCUT2D eigenvalue weighted by atomic mass is 35.5. The van der Waals surface area contributed by atoms with E-state index in [1.54, 1.807) is 12.1 Å². The largest absolute Gasteiger partial charge is 0.355 e. The van der Waals surface area contributed by atoms with Crippen LogP contribution < -0.4 is 15.5 Å². The molecule has 1 saturated heterocycles. The summed E-state index contributed by atoms with van der Waals surface area (Å²) in [6.07, 6.45) is 3.48. The van der Waals surface area contributed by atoms with Crippen LogP contribution in [0.25, 0.3) is 0 Å². The van der Waals surface area contributed by atoms with E-state index < -0.39 is 0 Å². The van der Waals surface area contributed by atoms with Crippen molar-refractivity contribution in [2.24, 2.45) is 7.05 Å². The maximum absolute atomic E-state index is 12.1. The van der Waals surface area contributed by atoms with Crippen LogP contribution in [0.5, 0.6) is 0 Å². The molecule has 1 aliphatic heterocycles. The van der Waals surface area contributed by atoms with Crippen LogP contribution in [0.4, 0.5) is 16.4 Å². The minimum atomic E-state index is -0.252. The van der Waals surface area contributed by atoms with Gasteiger partial charge in [0.25, 0.3) is 0 Å². The molecule has 2 N–H and O–H groups in total. The van der Waals surface area contributed by atoms with E-state index in [0.29, 0.717) is 10.8 Å². The number of carbonyl (C=O) groups is 1. The molecule has 1 aliphatic rings. The summed E-state index contributed by atoms with van der Waals surface area (Å²) in [5.74, 6) is 1.56. The lowest BCUT2D eigenvalue weighted by molar-refractivity contribution is 0.246. The Morgan fingerprint density at radius 2 is 2.25 bits per heavy atom. The zero-order valence-corrected chi connectivity index (χ0v) is 14.5. The number of piperidine rings is 1. The van der Waals surface area contributed by atoms with Gasteiger partial charge in [0.15, 0.2) is 0 Å². The molecule has 0 radical (unpaired) electrons. The quantitative estimate of drug-likeness (QED) is 0.894. The molecule has 128 valence electrons. The summed E-state index contributed by atoms with van der Waals surface area (Å²) < 4.78 is 1.88. The van der Waals surface area contributed by atoms with E-state index in [1.165, 1.54) is 6.20 Å². The molecule has 8 heteroatoms. The number of amides is 2. The molecular weight excluding hydrogens is 328 g/mol. The van der Waals surface area contributed by atoms with Gasteiger partial charge in [-0.15, -0.1) is 0 Å². The third kappa shape index (κ3) is 3.97. The van der Waals surface area contributed by atoms with Crippen molar-refractivity contribution < 1.29 is 4.79 Å². The number of aromatic nitrogens is 3. The fourth-order valence-electron chi connectivity index (χ4n) is 2.98. The van der Waals surface area contributed by atoms with Crippen LogP contribution >= 0.6 is 11.6 Å². The fraction of sp³-hybridized carbons (Fsp3) is 0.438. The molecule has 2 aromatic rings. The molecule has 3 rings (SSSR count). The maximum atomic E-state index is 12.1. The van der Waals surface area contributed by atoms with Gasteiger partial charge in [-0.2, -0.15) is 5.10 Å². The third-order valence-corrected chi connectivity index (χ3v) is 4.25. The molecule has 0 spiro atoms. The number of rotatable bonds is 3. The Hall–Kier alpha value is -2.28. The number of nitrogens with zero attached hydrogens (tertiary/aromatic N) is 4. The van der Waals surface area contributed by atoms with E-state index in [9.17, 15) is 4.79 Å². The number of hydrogen-bond donors (Lipinski definition) is 2. The molecule has 2 amide bonds. The first-order valence-electron chi connectivity index (χ1n) is 7.96. The molecule has 0 bridgehead atoms. The van der Waals surface area contributed by atoms with Crippen molar-refractivity contribution in [3.05, 3.63) is 35.1 Å². The van der Waals surface area contributed by atoms with Gasteiger partial charge in [0.05, 0.1) is 10.7 Å². The van der Waals surface area contributed by atoms with Gasteiger partial charge in [0, 0.05) is 38.4 Å². The van der Waals surface area contributed by atoms with Gasteiger partial charge in [0.2, 0.25) is 0 Å². The Kier molecular flexibility index (Phi) is 4.89. The van der Waals surface area contributed by atoms with Gasteiger partial charge in [-0.3, -0.25) is 10.00 Å². The zero-order valence-electron chi connectivity index (χ0n) is 13.8. The number of aryl methyl sites for hydroxylation is 2. The maximum Gasteiger partial charge on any atom is 0.320 e. The zero-order chi connectivity index (χ0) is 17.1. The number of pyridine rings is 1. The number of carbonyl (C=O) groups excluding carboxylic acids is 1. The van der Waals surface area contributed by atoms with Crippen molar-refractivity contribution in [3.8, 4) is 0 Å². The second kappa shape index (κ2) is 7.09. The first kappa shape index (κ1) is 16.6. The summed E-state index contributed by atoms with van der Waals surface area (Å²) in [4.78, 5) is 18.5. The summed E-state index contributed by atoms with van der Waals surface area (Å²) >= 11 is 5.79. The lowest BCUT2D eigenvalue weighted by atomic mass is 10.1. The van der Waals surface area contributed by atoms with Crippen LogP contribution in [0.1, 0.15) is 18.5 Å². The van der Waals surface area contributed by atoms with Crippen LogP contribution in [0.15, 0.2) is 24.4 Å². The van der Waals surface area contributed by atoms with Gasteiger partial charge in [0.1, 0.15) is 11.6 Å². The summed E-state index contributed by atoms with van der Waals surface area (Å²) in [5, 5.41) is 10.7. The smallest absolute Gasteiger partial charge is 0.320 e. The van der Waals surface area contributed by atoms with Gasteiger partial charge >= 0.3 is 6.03 Å². The predicted octanol–water partition coefficient (Wildman–Crippen LogP) is 2.57. The average Bonchev–Trinajstić information content (AvgIpc) is 2.88. The molecular formula is C16H21ClN6O. The van der Waals surface area contributed by atoms with Crippen LogP contribution in [0.3, 0.4) is 0 Å². The second-order valence-corrected chi connectivity index (χ2v) is 6.45. The van der Waals surface area contributed by atoms with E-state index >= 15 is 0 Å². The van der Waals surface area contributed by atoms with E-state index in [-0.39, 0.29) is 12.1 Å². The first-order valence-corrected chi connectivity index (χ1v) is 8.34. The normalized spacial score (nSPS) is 17.6. The average molecular weight is 349 g/mol. The molecule has 3 heterocycles. The molecule has 1 atom stereocenters. The summed E-state index contributed by atoms with van der Waals surface area (Å²) in [7, 11) is 1.94. The molecule has 0 aromatic carbocycles. The fourth-order valence-corrected chi connectivity index (χ4v) is 3.10. The lowest BCUT2D eigenvalue weighted by Crippen LogP contribution is -2.49. The van der Waals surface area contributed by atoms with Crippen molar-refractivity contribution in [2.75, 3.05) is 23.3 Å². The minimum Gasteiger partial charge on any atom is -0.355 e. The molecule has 1 fully saturated rings. The van der Waals surface area contributed by atoms with Gasteiger partial charge in [-0.25, -0.2) is 9.78 Å². The van der Waals surface area contributed by atoms with Crippen molar-refractivity contribution in [1.82, 2.24) is 20.1 Å². The molecule has 24 heavy (non-hydrogen) atoms. The Morgan fingerprint density at radius 3 is 2.92 bits per heavy atom. The van der Waals surface area contributed by atoms with Gasteiger partial charge in [-0.1, -0.05) is 11.6 Å². The number of halogens is 1. The second-order valence-electron chi connectivity index (χ2n) is 6.01. The molecule has 1 unspecified atom stereocenters. The van der Waals surface area contributed by atoms with E-state index in [2.05, 4.69) is 31.7 Å². The summed E-state index contributed by atoms with van der Waals surface area (Å²) in [6, 6.07) is 5.27. The lowest BCUT2D eigenvalue weighted by Gasteiger charge is -2.34. The summed E-state index contributed by atoms with van der Waals surface area (Å²) in [5.41, 5.74) is 0.995. The van der Waals surface area contributed by atoms with E-state index in [4.69, 9.17) is 11.6 Å². The monoisotopic (exact) mass is 348 g/mol. The number of hydrogen-bond acceptors (Lipinski definition) is 4. The SMILES string of the molecule is Cc1cc(N2CCCC(NC(=O)Nc3ccc(Cl)cn3)C2)n(C)n1. The van der Waals surface area contributed by atoms with Crippen LogP contribution in [0, 0.1) is 6.92 Å². The molecule has 7 nitrogen and oxygen atoms in total. The highest BCUT2D eigenvalue weighted by Crippen LogP contribution is 2.20. The Bertz CT molecular complexity index is 714. The van der Waals surface area contributed by atoms with Gasteiger partial charge in [-0.05, 0) is 31.9 Å². The first-order chi connectivity index (χ1) is 11.5. The highest BCUT2D eigenvalue weighted by molar-refractivity contribution is 6.30. The van der Waals surface area contributed by atoms with Gasteiger partial charge < -0.3 is 10.2 Å². The van der Waals surface area contributed by atoms with Crippen molar-refractivity contribution in [2.45, 2.75) is 25.8 Å². The van der Waals surface area contributed by atoms with Crippen LogP contribution in [-0.2, 0) is 7.05 Å². The van der Waals surface area contributed by atoms with Crippen LogP contribution in [-0.4, -0.2) is 39.9 Å². The van der Waals surface area contributed by atoms with Crippen molar-refractivity contribution in [3.63, 3.8) is 0 Å². The van der Waals surface area contributed by atoms with Crippen molar-refractivity contribution in [1.29, 1.82) is 0 Å².